The van der Waals surface area contributed by atoms with Gasteiger partial charge in [-0.1, -0.05) is 0 Å². The summed E-state index contributed by atoms with van der Waals surface area (Å²) in [5, 5.41) is 12.0. The van der Waals surface area contributed by atoms with Gasteiger partial charge >= 0.3 is 0 Å². The Morgan fingerprint density at radius 1 is 1.30 bits per heavy atom. The molecule has 0 saturated heterocycles. The van der Waals surface area contributed by atoms with Gasteiger partial charge in [-0.05, 0) is 46.8 Å². The molecular formula is C15H28N4O. The molecule has 0 radical (unpaired) electrons. The predicted octanol–water partition coefficient (Wildman–Crippen LogP) is 2.23. The molecule has 1 atom stereocenters. The third kappa shape index (κ3) is 5.43. The van der Waals surface area contributed by atoms with Crippen molar-refractivity contribution < 1.29 is 4.74 Å². The van der Waals surface area contributed by atoms with Crippen molar-refractivity contribution in [2.24, 2.45) is 0 Å². The lowest BCUT2D eigenvalue weighted by atomic mass is 10.1. The normalized spacial score (nSPS) is 13.3. The van der Waals surface area contributed by atoms with Gasteiger partial charge in [0.1, 0.15) is 0 Å². The fourth-order valence-electron chi connectivity index (χ4n) is 1.99. The van der Waals surface area contributed by atoms with Crippen LogP contribution in [-0.2, 0) is 11.3 Å². The second-order valence-corrected chi connectivity index (χ2v) is 6.08. The highest BCUT2D eigenvalue weighted by atomic mass is 16.5. The number of hydrogen-bond acceptors (Lipinski definition) is 5. The zero-order chi connectivity index (χ0) is 15.2. The summed E-state index contributed by atoms with van der Waals surface area (Å²) in [5.74, 6) is 0.900. The first-order valence-corrected chi connectivity index (χ1v) is 7.20. The molecular weight excluding hydrogens is 252 g/mol. The lowest BCUT2D eigenvalue weighted by Crippen LogP contribution is -2.37. The molecule has 1 heterocycles. The summed E-state index contributed by atoms with van der Waals surface area (Å²) in [6.45, 7) is 13.0. The van der Waals surface area contributed by atoms with Gasteiger partial charge < -0.3 is 15.0 Å². The number of likely N-dealkylation sites (N-methyl/N-ethyl adjacent to an activating group) is 1. The minimum atomic E-state index is 0.0861. The molecule has 1 unspecified atom stereocenters. The topological polar surface area (TPSA) is 50.3 Å². The third-order valence-corrected chi connectivity index (χ3v) is 3.08. The summed E-state index contributed by atoms with van der Waals surface area (Å²) >= 11 is 0. The van der Waals surface area contributed by atoms with E-state index in [0.717, 1.165) is 24.6 Å². The van der Waals surface area contributed by atoms with E-state index < -0.39 is 0 Å². The van der Waals surface area contributed by atoms with Crippen molar-refractivity contribution in [3.63, 3.8) is 0 Å². The fraction of sp³-hybridized carbons (Fsp3) is 0.733. The Morgan fingerprint density at radius 3 is 2.45 bits per heavy atom. The fourth-order valence-corrected chi connectivity index (χ4v) is 1.99. The highest BCUT2D eigenvalue weighted by molar-refractivity contribution is 5.38. The molecule has 0 aliphatic carbocycles. The first kappa shape index (κ1) is 16.9. The van der Waals surface area contributed by atoms with E-state index in [1.54, 1.807) is 7.11 Å². The van der Waals surface area contributed by atoms with Crippen LogP contribution < -0.4 is 10.2 Å². The molecule has 0 spiro atoms. The molecule has 1 aromatic rings. The van der Waals surface area contributed by atoms with Crippen LogP contribution in [0.3, 0.4) is 0 Å². The molecule has 0 amide bonds. The van der Waals surface area contributed by atoms with Crippen molar-refractivity contribution in [3.8, 4) is 0 Å². The molecule has 114 valence electrons. The SMILES string of the molecule is CCN(c1ccc(CNC(C)(C)C)nn1)C(C)COC. The van der Waals surface area contributed by atoms with Crippen molar-refractivity contribution >= 4 is 5.82 Å². The summed E-state index contributed by atoms with van der Waals surface area (Å²) in [6, 6.07) is 4.35. The van der Waals surface area contributed by atoms with Gasteiger partial charge in [0.2, 0.25) is 0 Å². The van der Waals surface area contributed by atoms with Crippen LogP contribution in [0.2, 0.25) is 0 Å². The summed E-state index contributed by atoms with van der Waals surface area (Å²) in [6.07, 6.45) is 0. The lowest BCUT2D eigenvalue weighted by molar-refractivity contribution is 0.181. The van der Waals surface area contributed by atoms with E-state index in [1.165, 1.54) is 0 Å². The molecule has 0 aromatic carbocycles. The van der Waals surface area contributed by atoms with Crippen LogP contribution in [0.1, 0.15) is 40.3 Å². The van der Waals surface area contributed by atoms with E-state index in [1.807, 2.05) is 12.1 Å². The van der Waals surface area contributed by atoms with E-state index in [2.05, 4.69) is 55.0 Å². The average Bonchev–Trinajstić information content (AvgIpc) is 2.38. The maximum absolute atomic E-state index is 5.21. The maximum Gasteiger partial charge on any atom is 0.151 e. The van der Waals surface area contributed by atoms with Crippen molar-refractivity contribution in [1.82, 2.24) is 15.5 Å². The summed E-state index contributed by atoms with van der Waals surface area (Å²) in [7, 11) is 1.72. The minimum absolute atomic E-state index is 0.0861. The van der Waals surface area contributed by atoms with Gasteiger partial charge in [-0.15, -0.1) is 5.10 Å². The van der Waals surface area contributed by atoms with E-state index in [9.17, 15) is 0 Å². The Kier molecular flexibility index (Phi) is 6.36. The Morgan fingerprint density at radius 2 is 2.00 bits per heavy atom. The van der Waals surface area contributed by atoms with Gasteiger partial charge in [-0.25, -0.2) is 0 Å². The molecule has 20 heavy (non-hydrogen) atoms. The van der Waals surface area contributed by atoms with Crippen LogP contribution in [0.25, 0.3) is 0 Å². The number of rotatable bonds is 7. The number of ether oxygens (including phenoxy) is 1. The summed E-state index contributed by atoms with van der Waals surface area (Å²) in [4.78, 5) is 2.19. The number of anilines is 1. The molecule has 0 aliphatic heterocycles. The van der Waals surface area contributed by atoms with E-state index in [0.29, 0.717) is 6.61 Å². The van der Waals surface area contributed by atoms with Crippen molar-refractivity contribution in [2.75, 3.05) is 25.2 Å². The van der Waals surface area contributed by atoms with Crippen LogP contribution in [0.5, 0.6) is 0 Å². The second-order valence-electron chi connectivity index (χ2n) is 6.08. The lowest BCUT2D eigenvalue weighted by Gasteiger charge is -2.28. The molecule has 1 aromatic heterocycles. The minimum Gasteiger partial charge on any atom is -0.383 e. The van der Waals surface area contributed by atoms with Crippen LogP contribution in [0.4, 0.5) is 5.82 Å². The van der Waals surface area contributed by atoms with Crippen LogP contribution >= 0.6 is 0 Å². The third-order valence-electron chi connectivity index (χ3n) is 3.08. The van der Waals surface area contributed by atoms with Crippen LogP contribution in [0.15, 0.2) is 12.1 Å². The number of aromatic nitrogens is 2. The first-order chi connectivity index (χ1) is 9.37. The second kappa shape index (κ2) is 7.55. The largest absolute Gasteiger partial charge is 0.383 e. The highest BCUT2D eigenvalue weighted by Crippen LogP contribution is 2.13. The predicted molar refractivity (Wildman–Crippen MR) is 83.0 cm³/mol. The Balaban J connectivity index is 2.69. The van der Waals surface area contributed by atoms with Gasteiger partial charge in [-0.3, -0.25) is 0 Å². The number of nitrogens with one attached hydrogen (secondary N) is 1. The van der Waals surface area contributed by atoms with Crippen molar-refractivity contribution in [2.45, 2.75) is 52.7 Å². The molecule has 1 N–H and O–H groups in total. The van der Waals surface area contributed by atoms with Crippen LogP contribution in [0, 0.1) is 0 Å². The van der Waals surface area contributed by atoms with Crippen molar-refractivity contribution in [3.05, 3.63) is 17.8 Å². The molecule has 0 saturated carbocycles. The zero-order valence-electron chi connectivity index (χ0n) is 13.6. The van der Waals surface area contributed by atoms with Crippen LogP contribution in [-0.4, -0.2) is 42.0 Å². The van der Waals surface area contributed by atoms with Crippen molar-refractivity contribution in [1.29, 1.82) is 0 Å². The monoisotopic (exact) mass is 280 g/mol. The van der Waals surface area contributed by atoms with E-state index in [-0.39, 0.29) is 11.6 Å². The number of methoxy groups -OCH3 is 1. The molecule has 0 fully saturated rings. The Bertz CT molecular complexity index is 386. The summed E-state index contributed by atoms with van der Waals surface area (Å²) in [5.41, 5.74) is 1.04. The molecule has 5 nitrogen and oxygen atoms in total. The number of nitrogens with zero attached hydrogens (tertiary/aromatic N) is 3. The van der Waals surface area contributed by atoms with Gasteiger partial charge in [0.05, 0.1) is 18.3 Å². The molecule has 5 heteroatoms. The zero-order valence-corrected chi connectivity index (χ0v) is 13.6. The maximum atomic E-state index is 5.21. The average molecular weight is 280 g/mol. The highest BCUT2D eigenvalue weighted by Gasteiger charge is 2.15. The number of hydrogen-bond donors (Lipinski definition) is 1. The quantitative estimate of drug-likeness (QED) is 0.830. The Labute approximate surface area is 122 Å². The van der Waals surface area contributed by atoms with Gasteiger partial charge in [0.25, 0.3) is 0 Å². The van der Waals surface area contributed by atoms with Gasteiger partial charge in [0.15, 0.2) is 5.82 Å². The summed E-state index contributed by atoms with van der Waals surface area (Å²) < 4.78 is 5.21. The van der Waals surface area contributed by atoms with Gasteiger partial charge in [-0.2, -0.15) is 5.10 Å². The first-order valence-electron chi connectivity index (χ1n) is 7.20. The van der Waals surface area contributed by atoms with E-state index in [4.69, 9.17) is 4.74 Å². The van der Waals surface area contributed by atoms with Gasteiger partial charge in [0, 0.05) is 25.7 Å². The molecule has 1 rings (SSSR count). The van der Waals surface area contributed by atoms with E-state index >= 15 is 0 Å². The molecule has 0 aliphatic rings. The Hall–Kier alpha value is -1.20. The smallest absolute Gasteiger partial charge is 0.151 e. The molecule has 0 bridgehead atoms. The standard InChI is InChI=1S/C15H28N4O/c1-7-19(12(2)11-20-6)14-9-8-13(17-18-14)10-16-15(3,4)5/h8-9,12,16H,7,10-11H2,1-6H3.